The molecule has 0 bridgehead atoms. The van der Waals surface area contributed by atoms with E-state index in [0.29, 0.717) is 6.61 Å². The molecule has 0 radical (unpaired) electrons. The van der Waals surface area contributed by atoms with E-state index in [1.807, 2.05) is 26.1 Å². The summed E-state index contributed by atoms with van der Waals surface area (Å²) in [6.07, 6.45) is 0. The predicted octanol–water partition coefficient (Wildman–Crippen LogP) is 1.80. The molecule has 4 heteroatoms. The number of anilines is 1. The van der Waals surface area contributed by atoms with Crippen molar-refractivity contribution in [3.05, 3.63) is 23.8 Å². The molecule has 0 amide bonds. The van der Waals surface area contributed by atoms with Crippen molar-refractivity contribution in [3.8, 4) is 5.75 Å². The maximum absolute atomic E-state index is 6.02. The van der Waals surface area contributed by atoms with Crippen molar-refractivity contribution >= 4 is 5.69 Å². The first-order chi connectivity index (χ1) is 8.11. The Labute approximate surface area is 103 Å². The highest BCUT2D eigenvalue weighted by Gasteiger charge is 2.15. The van der Waals surface area contributed by atoms with E-state index in [1.54, 1.807) is 14.2 Å². The molecule has 96 valence electrons. The van der Waals surface area contributed by atoms with Crippen LogP contribution < -0.4 is 15.4 Å². The summed E-state index contributed by atoms with van der Waals surface area (Å²) in [4.78, 5) is 2.13. The first kappa shape index (κ1) is 13.8. The summed E-state index contributed by atoms with van der Waals surface area (Å²) in [5, 5.41) is 0. The Kier molecular flexibility index (Phi) is 5.25. The highest BCUT2D eigenvalue weighted by Crippen LogP contribution is 2.32. The van der Waals surface area contributed by atoms with Crippen LogP contribution in [0, 0.1) is 0 Å². The number of ether oxygens (including phenoxy) is 2. The second kappa shape index (κ2) is 6.47. The molecule has 0 heterocycles. The number of nitrogens with two attached hydrogens (primary N) is 1. The molecule has 1 rings (SSSR count). The third-order valence-electron chi connectivity index (χ3n) is 2.76. The molecule has 0 aromatic heterocycles. The molecular weight excluding hydrogens is 216 g/mol. The summed E-state index contributed by atoms with van der Waals surface area (Å²) in [6.45, 7) is 3.47. The lowest BCUT2D eigenvalue weighted by atomic mass is 10.0. The van der Waals surface area contributed by atoms with Crippen molar-refractivity contribution in [2.45, 2.75) is 13.0 Å². The number of rotatable bonds is 6. The smallest absolute Gasteiger partial charge is 0.125 e. The fourth-order valence-electron chi connectivity index (χ4n) is 1.85. The largest absolute Gasteiger partial charge is 0.496 e. The first-order valence-electron chi connectivity index (χ1n) is 5.74. The summed E-state index contributed by atoms with van der Waals surface area (Å²) in [6, 6.07) is 5.90. The normalized spacial score (nSPS) is 12.3. The minimum Gasteiger partial charge on any atom is -0.496 e. The Hall–Kier alpha value is -1.26. The van der Waals surface area contributed by atoms with Gasteiger partial charge in [0.25, 0.3) is 0 Å². The molecule has 1 aromatic rings. The molecule has 2 N–H and O–H groups in total. The van der Waals surface area contributed by atoms with Crippen molar-refractivity contribution < 1.29 is 9.47 Å². The lowest BCUT2D eigenvalue weighted by molar-refractivity contribution is 0.206. The second-order valence-corrected chi connectivity index (χ2v) is 4.10. The quantitative estimate of drug-likeness (QED) is 0.821. The van der Waals surface area contributed by atoms with Crippen molar-refractivity contribution in [2.24, 2.45) is 5.73 Å². The van der Waals surface area contributed by atoms with Gasteiger partial charge in [-0.2, -0.15) is 0 Å². The summed E-state index contributed by atoms with van der Waals surface area (Å²) in [7, 11) is 5.39. The fourth-order valence-corrected chi connectivity index (χ4v) is 1.85. The fraction of sp³-hybridized carbons (Fsp3) is 0.538. The molecule has 0 fully saturated rings. The van der Waals surface area contributed by atoms with Gasteiger partial charge in [0.2, 0.25) is 0 Å². The molecule has 1 aromatic carbocycles. The van der Waals surface area contributed by atoms with Gasteiger partial charge in [-0.05, 0) is 19.1 Å². The molecule has 0 aliphatic heterocycles. The van der Waals surface area contributed by atoms with Gasteiger partial charge in [-0.25, -0.2) is 0 Å². The van der Waals surface area contributed by atoms with E-state index in [-0.39, 0.29) is 6.04 Å². The summed E-state index contributed by atoms with van der Waals surface area (Å²) in [5.41, 5.74) is 8.15. The Bertz CT molecular complexity index is 353. The summed E-state index contributed by atoms with van der Waals surface area (Å²) >= 11 is 0. The van der Waals surface area contributed by atoms with Crippen LogP contribution in [0.3, 0.4) is 0 Å². The van der Waals surface area contributed by atoms with Crippen LogP contribution in [0.1, 0.15) is 18.5 Å². The zero-order chi connectivity index (χ0) is 12.8. The topological polar surface area (TPSA) is 47.7 Å². The van der Waals surface area contributed by atoms with Gasteiger partial charge in [0.1, 0.15) is 5.75 Å². The van der Waals surface area contributed by atoms with Crippen LogP contribution in [0.25, 0.3) is 0 Å². The average molecular weight is 238 g/mol. The molecule has 4 nitrogen and oxygen atoms in total. The lowest BCUT2D eigenvalue weighted by Gasteiger charge is -2.25. The zero-order valence-electron chi connectivity index (χ0n) is 11.1. The second-order valence-electron chi connectivity index (χ2n) is 4.10. The molecule has 0 saturated carbocycles. The van der Waals surface area contributed by atoms with E-state index in [1.165, 1.54) is 0 Å². The number of hydrogen-bond acceptors (Lipinski definition) is 4. The van der Waals surface area contributed by atoms with Crippen molar-refractivity contribution in [3.63, 3.8) is 0 Å². The minimum absolute atomic E-state index is 0.0638. The molecule has 0 spiro atoms. The van der Waals surface area contributed by atoms with E-state index in [9.17, 15) is 0 Å². The maximum Gasteiger partial charge on any atom is 0.125 e. The van der Waals surface area contributed by atoms with Gasteiger partial charge in [-0.1, -0.05) is 6.07 Å². The Morgan fingerprint density at radius 1 is 1.35 bits per heavy atom. The van der Waals surface area contributed by atoms with E-state index >= 15 is 0 Å². The van der Waals surface area contributed by atoms with Crippen LogP contribution in [-0.2, 0) is 4.74 Å². The Morgan fingerprint density at radius 3 is 2.59 bits per heavy atom. The van der Waals surface area contributed by atoms with Gasteiger partial charge in [-0.3, -0.25) is 0 Å². The molecule has 0 aliphatic rings. The van der Waals surface area contributed by atoms with Crippen LogP contribution in [0.2, 0.25) is 0 Å². The zero-order valence-corrected chi connectivity index (χ0v) is 11.1. The van der Waals surface area contributed by atoms with Gasteiger partial charge < -0.3 is 20.1 Å². The molecule has 0 saturated heterocycles. The van der Waals surface area contributed by atoms with Gasteiger partial charge in [0.05, 0.1) is 13.7 Å². The lowest BCUT2D eigenvalue weighted by Crippen LogP contribution is -2.24. The summed E-state index contributed by atoms with van der Waals surface area (Å²) in [5.74, 6) is 0.835. The minimum atomic E-state index is -0.0638. The van der Waals surface area contributed by atoms with Gasteiger partial charge in [0, 0.05) is 38.0 Å². The molecule has 17 heavy (non-hydrogen) atoms. The Balaban J connectivity index is 3.05. The van der Waals surface area contributed by atoms with Crippen LogP contribution >= 0.6 is 0 Å². The molecule has 1 unspecified atom stereocenters. The van der Waals surface area contributed by atoms with Crippen LogP contribution in [0.15, 0.2) is 18.2 Å². The third-order valence-corrected chi connectivity index (χ3v) is 2.76. The van der Waals surface area contributed by atoms with E-state index in [0.717, 1.165) is 23.5 Å². The number of hydrogen-bond donors (Lipinski definition) is 1. The average Bonchev–Trinajstić information content (AvgIpc) is 2.34. The SMILES string of the molecule is COCCN(C)c1cccc(OC)c1C(C)N. The third kappa shape index (κ3) is 3.35. The molecule has 0 aliphatic carbocycles. The van der Waals surface area contributed by atoms with Gasteiger partial charge >= 0.3 is 0 Å². The van der Waals surface area contributed by atoms with Crippen LogP contribution in [-0.4, -0.2) is 34.4 Å². The standard InChI is InChI=1S/C13H22N2O2/c1-10(14)13-11(15(2)8-9-16-3)6-5-7-12(13)17-4/h5-7,10H,8-9,14H2,1-4H3. The van der Waals surface area contributed by atoms with Crippen LogP contribution in [0.5, 0.6) is 5.75 Å². The molecule has 1 atom stereocenters. The number of nitrogens with zero attached hydrogens (tertiary/aromatic N) is 1. The first-order valence-corrected chi connectivity index (χ1v) is 5.74. The van der Waals surface area contributed by atoms with Crippen molar-refractivity contribution in [1.82, 2.24) is 0 Å². The van der Waals surface area contributed by atoms with Gasteiger partial charge in [0.15, 0.2) is 0 Å². The monoisotopic (exact) mass is 238 g/mol. The number of likely N-dealkylation sites (N-methyl/N-ethyl adjacent to an activating group) is 1. The number of methoxy groups -OCH3 is 2. The van der Waals surface area contributed by atoms with Gasteiger partial charge in [-0.15, -0.1) is 0 Å². The predicted molar refractivity (Wildman–Crippen MR) is 70.7 cm³/mol. The Morgan fingerprint density at radius 2 is 2.06 bits per heavy atom. The van der Waals surface area contributed by atoms with Crippen LogP contribution in [0.4, 0.5) is 5.69 Å². The maximum atomic E-state index is 6.02. The van der Waals surface area contributed by atoms with E-state index in [2.05, 4.69) is 11.0 Å². The number of benzene rings is 1. The highest BCUT2D eigenvalue weighted by atomic mass is 16.5. The summed E-state index contributed by atoms with van der Waals surface area (Å²) < 4.78 is 10.5. The van der Waals surface area contributed by atoms with E-state index in [4.69, 9.17) is 15.2 Å². The van der Waals surface area contributed by atoms with Crippen molar-refractivity contribution in [1.29, 1.82) is 0 Å². The van der Waals surface area contributed by atoms with Crippen molar-refractivity contribution in [2.75, 3.05) is 39.3 Å². The highest BCUT2D eigenvalue weighted by molar-refractivity contribution is 5.60. The molecular formula is C13H22N2O2. The van der Waals surface area contributed by atoms with E-state index < -0.39 is 0 Å².